The number of nitrogens with one attached hydrogen (secondary N) is 1. The molecule has 2 aliphatic heterocycles. The molecule has 1 saturated heterocycles. The van der Waals surface area contributed by atoms with Crippen LogP contribution in [0.2, 0.25) is 0 Å². The molecule has 23 heavy (non-hydrogen) atoms. The standard InChI is InChI=1S/C17H23N3O3/c1-2-3-8-23-16-13(21)6-7-19-10-14-18-11-4-5-12(9-11)20(14)17(22)15(16)19/h6-7,11-12,14,18H,2-5,8-10H2,1H3. The fourth-order valence-electron chi connectivity index (χ4n) is 4.11. The van der Waals surface area contributed by atoms with Crippen molar-refractivity contribution in [2.45, 2.75) is 63.8 Å². The number of amides is 1. The van der Waals surface area contributed by atoms with Crippen LogP contribution in [0.25, 0.3) is 0 Å². The Morgan fingerprint density at radius 1 is 1.35 bits per heavy atom. The molecule has 1 N–H and O–H groups in total. The maximum atomic E-state index is 13.1. The van der Waals surface area contributed by atoms with Gasteiger partial charge in [-0.3, -0.25) is 14.9 Å². The fraction of sp³-hybridized carbons (Fsp3) is 0.647. The van der Waals surface area contributed by atoms with Crippen LogP contribution < -0.4 is 15.5 Å². The number of unbranched alkanes of at least 4 members (excludes halogenated alkanes) is 1. The molecule has 0 spiro atoms. The Morgan fingerprint density at radius 3 is 3.04 bits per heavy atom. The first-order chi connectivity index (χ1) is 11.2. The van der Waals surface area contributed by atoms with Crippen LogP contribution in [-0.2, 0) is 6.54 Å². The number of fused-ring (bicyclic) bond motifs is 5. The van der Waals surface area contributed by atoms with E-state index in [1.165, 1.54) is 6.07 Å². The second-order valence-corrected chi connectivity index (χ2v) is 6.77. The summed E-state index contributed by atoms with van der Waals surface area (Å²) >= 11 is 0. The third kappa shape index (κ3) is 2.36. The van der Waals surface area contributed by atoms with Gasteiger partial charge in [0.1, 0.15) is 6.17 Å². The smallest absolute Gasteiger partial charge is 0.276 e. The van der Waals surface area contributed by atoms with Crippen molar-refractivity contribution in [1.29, 1.82) is 0 Å². The van der Waals surface area contributed by atoms with Gasteiger partial charge in [-0.05, 0) is 25.7 Å². The molecule has 1 aromatic heterocycles. The van der Waals surface area contributed by atoms with Gasteiger partial charge in [0.25, 0.3) is 5.91 Å². The number of carbonyl (C=O) groups excluding carboxylic acids is 1. The number of aromatic nitrogens is 1. The van der Waals surface area contributed by atoms with Crippen molar-refractivity contribution in [3.05, 3.63) is 28.2 Å². The number of carbonyl (C=O) groups is 1. The van der Waals surface area contributed by atoms with E-state index < -0.39 is 0 Å². The molecule has 1 amide bonds. The van der Waals surface area contributed by atoms with E-state index in [4.69, 9.17) is 4.74 Å². The molecule has 3 atom stereocenters. The summed E-state index contributed by atoms with van der Waals surface area (Å²) in [5.41, 5.74) is 0.227. The van der Waals surface area contributed by atoms with Gasteiger partial charge >= 0.3 is 0 Å². The molecule has 0 aromatic carbocycles. The van der Waals surface area contributed by atoms with Crippen LogP contribution in [0.4, 0.5) is 0 Å². The van der Waals surface area contributed by atoms with Crippen molar-refractivity contribution in [1.82, 2.24) is 14.8 Å². The van der Waals surface area contributed by atoms with E-state index in [0.717, 1.165) is 32.1 Å². The summed E-state index contributed by atoms with van der Waals surface area (Å²) in [7, 11) is 0. The van der Waals surface area contributed by atoms with Gasteiger partial charge in [0.15, 0.2) is 11.4 Å². The van der Waals surface area contributed by atoms with Crippen LogP contribution in [0.15, 0.2) is 17.1 Å². The number of ether oxygens (including phenoxy) is 1. The largest absolute Gasteiger partial charge is 0.487 e. The Morgan fingerprint density at radius 2 is 2.22 bits per heavy atom. The van der Waals surface area contributed by atoms with Gasteiger partial charge in [-0.1, -0.05) is 13.3 Å². The zero-order valence-electron chi connectivity index (χ0n) is 13.5. The quantitative estimate of drug-likeness (QED) is 0.851. The Kier molecular flexibility index (Phi) is 3.64. The molecule has 6 heteroatoms. The topological polar surface area (TPSA) is 63.6 Å². The van der Waals surface area contributed by atoms with E-state index in [9.17, 15) is 9.59 Å². The van der Waals surface area contributed by atoms with Gasteiger partial charge < -0.3 is 14.2 Å². The minimum Gasteiger partial charge on any atom is -0.487 e. The molecule has 1 aliphatic carbocycles. The van der Waals surface area contributed by atoms with Crippen LogP contribution in [0, 0.1) is 0 Å². The predicted octanol–water partition coefficient (Wildman–Crippen LogP) is 1.33. The summed E-state index contributed by atoms with van der Waals surface area (Å²) in [6.45, 7) is 3.23. The van der Waals surface area contributed by atoms with Crippen LogP contribution in [0.5, 0.6) is 5.75 Å². The van der Waals surface area contributed by atoms with Crippen LogP contribution >= 0.6 is 0 Å². The molecule has 1 aromatic rings. The van der Waals surface area contributed by atoms with E-state index in [0.29, 0.717) is 30.9 Å². The van der Waals surface area contributed by atoms with E-state index in [1.807, 2.05) is 9.47 Å². The highest BCUT2D eigenvalue weighted by Crippen LogP contribution is 2.35. The summed E-state index contributed by atoms with van der Waals surface area (Å²) < 4.78 is 7.58. The first-order valence-corrected chi connectivity index (χ1v) is 8.64. The van der Waals surface area contributed by atoms with Gasteiger partial charge in [-0.2, -0.15) is 0 Å². The van der Waals surface area contributed by atoms with Crippen LogP contribution in [0.1, 0.15) is 49.5 Å². The maximum absolute atomic E-state index is 13.1. The zero-order chi connectivity index (χ0) is 16.0. The van der Waals surface area contributed by atoms with Gasteiger partial charge in [-0.15, -0.1) is 0 Å². The van der Waals surface area contributed by atoms with Gasteiger partial charge in [-0.25, -0.2) is 0 Å². The van der Waals surface area contributed by atoms with E-state index in [2.05, 4.69) is 12.2 Å². The van der Waals surface area contributed by atoms with E-state index >= 15 is 0 Å². The molecule has 3 unspecified atom stereocenters. The summed E-state index contributed by atoms with van der Waals surface area (Å²) in [6.07, 6.45) is 6.81. The van der Waals surface area contributed by atoms with Crippen LogP contribution in [-0.4, -0.2) is 40.2 Å². The summed E-state index contributed by atoms with van der Waals surface area (Å²) in [6, 6.07) is 2.33. The number of hydrogen-bond donors (Lipinski definition) is 1. The fourth-order valence-corrected chi connectivity index (χ4v) is 4.11. The SMILES string of the molecule is CCCCOc1c2n(ccc1=O)CC1NC3CCC(C3)N1C2=O. The lowest BCUT2D eigenvalue weighted by Crippen LogP contribution is -2.63. The van der Waals surface area contributed by atoms with Crippen molar-refractivity contribution in [3.8, 4) is 5.75 Å². The highest BCUT2D eigenvalue weighted by Gasteiger charge is 2.46. The number of pyridine rings is 1. The van der Waals surface area contributed by atoms with Gasteiger partial charge in [0.2, 0.25) is 5.43 Å². The van der Waals surface area contributed by atoms with Crippen molar-refractivity contribution in [2.24, 2.45) is 0 Å². The highest BCUT2D eigenvalue weighted by molar-refractivity contribution is 5.96. The molecule has 0 radical (unpaired) electrons. The highest BCUT2D eigenvalue weighted by atomic mass is 16.5. The lowest BCUT2D eigenvalue weighted by atomic mass is 10.1. The number of nitrogens with zero attached hydrogens (tertiary/aromatic N) is 2. The van der Waals surface area contributed by atoms with Crippen LogP contribution in [0.3, 0.4) is 0 Å². The minimum absolute atomic E-state index is 0.0345. The number of rotatable bonds is 4. The molecule has 124 valence electrons. The predicted molar refractivity (Wildman–Crippen MR) is 85.6 cm³/mol. The molecule has 1 saturated carbocycles. The van der Waals surface area contributed by atoms with Crippen molar-refractivity contribution < 1.29 is 9.53 Å². The Balaban J connectivity index is 1.71. The molecule has 3 heterocycles. The monoisotopic (exact) mass is 317 g/mol. The summed E-state index contributed by atoms with van der Waals surface area (Å²) in [5, 5.41) is 3.57. The van der Waals surface area contributed by atoms with Crippen molar-refractivity contribution in [2.75, 3.05) is 6.61 Å². The molecular weight excluding hydrogens is 294 g/mol. The van der Waals surface area contributed by atoms with E-state index in [-0.39, 0.29) is 23.3 Å². The molecule has 2 fully saturated rings. The average Bonchev–Trinajstić information content (AvgIpc) is 2.91. The normalized spacial score (nSPS) is 28.5. The summed E-state index contributed by atoms with van der Waals surface area (Å²) in [4.78, 5) is 27.3. The molecule has 6 nitrogen and oxygen atoms in total. The average molecular weight is 317 g/mol. The van der Waals surface area contributed by atoms with Crippen molar-refractivity contribution >= 4 is 5.91 Å². The third-order valence-electron chi connectivity index (χ3n) is 5.25. The number of hydrogen-bond acceptors (Lipinski definition) is 4. The first-order valence-electron chi connectivity index (χ1n) is 8.64. The van der Waals surface area contributed by atoms with Gasteiger partial charge in [0, 0.05) is 24.3 Å². The molecule has 3 aliphatic rings. The van der Waals surface area contributed by atoms with E-state index in [1.54, 1.807) is 6.20 Å². The molecule has 4 rings (SSSR count). The minimum atomic E-state index is -0.201. The van der Waals surface area contributed by atoms with Gasteiger partial charge in [0.05, 0.1) is 13.2 Å². The first kappa shape index (κ1) is 14.8. The lowest BCUT2D eigenvalue weighted by Gasteiger charge is -2.45. The Hall–Kier alpha value is -1.82. The lowest BCUT2D eigenvalue weighted by molar-refractivity contribution is 0.0294. The molecular formula is C17H23N3O3. The molecule has 2 bridgehead atoms. The maximum Gasteiger partial charge on any atom is 0.276 e. The Bertz CT molecular complexity index is 684. The summed E-state index contributed by atoms with van der Waals surface area (Å²) in [5.74, 6) is 0.160. The zero-order valence-corrected chi connectivity index (χ0v) is 13.5. The third-order valence-corrected chi connectivity index (χ3v) is 5.25. The van der Waals surface area contributed by atoms with Crippen molar-refractivity contribution in [3.63, 3.8) is 0 Å². The second kappa shape index (κ2) is 5.67. The Labute approximate surface area is 135 Å². The second-order valence-electron chi connectivity index (χ2n) is 6.77.